The van der Waals surface area contributed by atoms with Crippen molar-refractivity contribution in [1.29, 1.82) is 0 Å². The Labute approximate surface area is 382 Å². The summed E-state index contributed by atoms with van der Waals surface area (Å²) in [4.78, 5) is 34.4. The van der Waals surface area contributed by atoms with Crippen molar-refractivity contribution >= 4 is 51.2 Å². The van der Waals surface area contributed by atoms with Crippen LogP contribution in [-0.2, 0) is 47.3 Å². The summed E-state index contributed by atoms with van der Waals surface area (Å²) in [5, 5.41) is 16.8. The fourth-order valence-electron chi connectivity index (χ4n) is 9.85. The number of nitrogens with zero attached hydrogens (tertiary/aromatic N) is 9. The van der Waals surface area contributed by atoms with E-state index in [1.165, 1.54) is 0 Å². The molecule has 4 unspecified atom stereocenters. The van der Waals surface area contributed by atoms with Gasteiger partial charge in [-0.1, -0.05) is 41.9 Å². The topological polar surface area (TPSA) is 157 Å². The maximum absolute atomic E-state index is 13.6. The van der Waals surface area contributed by atoms with Gasteiger partial charge in [0.25, 0.3) is 11.8 Å². The van der Waals surface area contributed by atoms with Crippen LogP contribution in [0.3, 0.4) is 0 Å². The van der Waals surface area contributed by atoms with E-state index in [0.29, 0.717) is 98.9 Å². The lowest BCUT2D eigenvalue weighted by atomic mass is 10.0. The van der Waals surface area contributed by atoms with Gasteiger partial charge >= 0.3 is 0 Å². The molecule has 4 aromatic rings. The second-order valence-corrected chi connectivity index (χ2v) is 20.5. The Morgan fingerprint density at radius 3 is 1.94 bits per heavy atom. The van der Waals surface area contributed by atoms with E-state index in [9.17, 15) is 18.0 Å². The average molecular weight is 933 g/mol. The van der Waals surface area contributed by atoms with Crippen molar-refractivity contribution in [1.82, 2.24) is 39.3 Å². The Balaban J connectivity index is 0.000000154. The van der Waals surface area contributed by atoms with Crippen LogP contribution in [0.4, 0.5) is 0 Å². The van der Waals surface area contributed by atoms with Crippen molar-refractivity contribution in [3.05, 3.63) is 70.0 Å². The first-order chi connectivity index (χ1) is 31.2. The fraction of sp³-hybridized carbons (Fsp3) is 0.533. The molecule has 9 heterocycles. The van der Waals surface area contributed by atoms with Gasteiger partial charge in [0, 0.05) is 92.4 Å². The number of piperidine rings is 1. The van der Waals surface area contributed by atoms with Crippen LogP contribution in [0.1, 0.15) is 76.8 Å². The van der Waals surface area contributed by atoms with E-state index in [0.717, 1.165) is 90.4 Å². The van der Waals surface area contributed by atoms with E-state index >= 15 is 0 Å². The number of carbonyl (C=O) groups is 2. The van der Waals surface area contributed by atoms with Gasteiger partial charge < -0.3 is 24.0 Å². The van der Waals surface area contributed by atoms with Crippen molar-refractivity contribution < 1.29 is 32.2 Å². The minimum Gasteiger partial charge on any atom is -0.381 e. The predicted molar refractivity (Wildman–Crippen MR) is 242 cm³/mol. The monoisotopic (exact) mass is 931 g/mol. The number of hydrogen-bond acceptors (Lipinski definition) is 12. The van der Waals surface area contributed by atoms with Gasteiger partial charge in [0.2, 0.25) is 0 Å². The normalized spacial score (nSPS) is 24.4. The van der Waals surface area contributed by atoms with Gasteiger partial charge in [0.1, 0.15) is 0 Å². The molecule has 4 fully saturated rings. The second kappa shape index (κ2) is 18.9. The zero-order chi connectivity index (χ0) is 43.9. The number of aromatic nitrogens is 4. The van der Waals surface area contributed by atoms with Crippen LogP contribution < -0.4 is 0 Å². The molecule has 2 amide bonds. The molecule has 0 spiro atoms. The molecule has 340 valence electrons. The smallest absolute Gasteiger partial charge is 0.274 e. The van der Waals surface area contributed by atoms with Crippen LogP contribution in [0.15, 0.2) is 57.4 Å². The number of amides is 2. The van der Waals surface area contributed by atoms with Crippen LogP contribution in [0.5, 0.6) is 0 Å². The maximum Gasteiger partial charge on any atom is 0.274 e. The average Bonchev–Trinajstić information content (AvgIpc) is 3.91. The highest BCUT2D eigenvalue weighted by Crippen LogP contribution is 2.44. The van der Waals surface area contributed by atoms with E-state index in [1.807, 2.05) is 52.2 Å². The van der Waals surface area contributed by atoms with Crippen LogP contribution >= 0.6 is 11.6 Å². The van der Waals surface area contributed by atoms with Gasteiger partial charge in [0.05, 0.1) is 99.0 Å². The number of benzene rings is 2. The molecule has 0 radical (unpaired) electrons. The van der Waals surface area contributed by atoms with Crippen LogP contribution in [0.25, 0.3) is 22.5 Å². The molecule has 4 saturated heterocycles. The minimum absolute atomic E-state index is 0.0722. The van der Waals surface area contributed by atoms with Crippen molar-refractivity contribution in [3.63, 3.8) is 0 Å². The van der Waals surface area contributed by atoms with Crippen LogP contribution in [0, 0.1) is 0 Å². The highest BCUT2D eigenvalue weighted by atomic mass is 35.5. The Kier molecular flexibility index (Phi) is 12.9. The molecule has 11 rings (SSSR count). The molecule has 0 aliphatic carbocycles. The highest BCUT2D eigenvalue weighted by Gasteiger charge is 2.38. The molecule has 19 heteroatoms. The number of carbonyl (C=O) groups excluding carboxylic acids is 2. The van der Waals surface area contributed by atoms with Crippen molar-refractivity contribution in [2.75, 3.05) is 92.0 Å². The number of hydrogen-bond donors (Lipinski definition) is 0. The quantitative estimate of drug-likeness (QED) is 0.255. The van der Waals surface area contributed by atoms with Gasteiger partial charge in [-0.05, 0) is 51.3 Å². The molecular formula is C45H54ClN9O7S2. The number of ether oxygens (including phenoxy) is 3. The summed E-state index contributed by atoms with van der Waals surface area (Å²) in [6, 6.07) is 14.2. The van der Waals surface area contributed by atoms with Crippen LogP contribution in [-0.4, -0.2) is 164 Å². The van der Waals surface area contributed by atoms with E-state index in [-0.39, 0.29) is 29.7 Å². The molecule has 0 saturated carbocycles. The molecule has 2 aromatic heterocycles. The molecule has 7 aliphatic rings. The lowest BCUT2D eigenvalue weighted by molar-refractivity contribution is 0.0295. The van der Waals surface area contributed by atoms with E-state index in [1.54, 1.807) is 11.0 Å². The first-order valence-electron chi connectivity index (χ1n) is 22.5. The van der Waals surface area contributed by atoms with Gasteiger partial charge in [-0.15, -0.1) is 0 Å². The number of hydrazone groups is 1. The standard InChI is InChI=1S/C25H32N6O3S.C20H22ClN3O4S/c1-18-15-26-30(18)10-9-28-8-4-5-19(16-28)31-24-20-6-2-3-7-22(20)35(33)17-21(24)23(27-31)25(32)29-11-13-34-14-12-29;21-16-3-1-2-14-18-15(12-29(26)19(14)16)17(20(25)23-6-10-28-11-7-23)22-24(18)13-4-8-27-9-5-13/h2-3,6-7,15,18-19H,4-5,8-14,16-17H2,1H3;1-3,13H,4-12H2. The first kappa shape index (κ1) is 43.6. The largest absolute Gasteiger partial charge is 0.381 e. The SMILES string of the molecule is CC1C=NN1CCN1CCCC(n2nc(C(=O)N3CCOCC3)c3c2-c2ccccc2S(=O)C3)C1.O=C(c1nn(C2CCOCC2)c2c1CS(=O)c1c(Cl)cccc1-2)N1CCOCC1. The Morgan fingerprint density at radius 2 is 1.30 bits per heavy atom. The highest BCUT2D eigenvalue weighted by molar-refractivity contribution is 7.84. The van der Waals surface area contributed by atoms with Gasteiger partial charge in [-0.2, -0.15) is 15.3 Å². The fourth-order valence-corrected chi connectivity index (χ4v) is 13.0. The predicted octanol–water partition coefficient (Wildman–Crippen LogP) is 4.62. The summed E-state index contributed by atoms with van der Waals surface area (Å²) in [5.41, 5.74) is 6.09. The Morgan fingerprint density at radius 1 is 0.703 bits per heavy atom. The Hall–Kier alpha value is -4.30. The molecule has 4 atom stereocenters. The maximum atomic E-state index is 13.6. The summed E-state index contributed by atoms with van der Waals surface area (Å²) in [6.45, 7) is 11.7. The number of halogens is 1. The minimum atomic E-state index is -1.32. The zero-order valence-electron chi connectivity index (χ0n) is 36.1. The number of morpholine rings is 2. The van der Waals surface area contributed by atoms with Crippen LogP contribution in [0.2, 0.25) is 5.02 Å². The first-order valence-corrected chi connectivity index (χ1v) is 25.5. The number of rotatable bonds is 7. The van der Waals surface area contributed by atoms with E-state index in [2.05, 4.69) is 26.6 Å². The lowest BCUT2D eigenvalue weighted by Crippen LogP contribution is -2.45. The second-order valence-electron chi connectivity index (χ2n) is 17.3. The summed E-state index contributed by atoms with van der Waals surface area (Å²) in [5.74, 6) is 0.398. The Bertz CT molecular complexity index is 2490. The molecule has 2 aromatic carbocycles. The third-order valence-corrected chi connectivity index (χ3v) is 16.6. The van der Waals surface area contributed by atoms with Gasteiger partial charge in [-0.25, -0.2) is 0 Å². The third-order valence-electron chi connectivity index (χ3n) is 13.3. The number of fused-ring (bicyclic) bond motifs is 6. The molecular weight excluding hydrogens is 878 g/mol. The summed E-state index contributed by atoms with van der Waals surface area (Å²) < 4.78 is 46.6. The van der Waals surface area contributed by atoms with Gasteiger partial charge in [0.15, 0.2) is 11.4 Å². The van der Waals surface area contributed by atoms with E-state index < -0.39 is 21.6 Å². The van der Waals surface area contributed by atoms with Crippen molar-refractivity contribution in [2.24, 2.45) is 5.10 Å². The number of likely N-dealkylation sites (tertiary alicyclic amines) is 1. The summed E-state index contributed by atoms with van der Waals surface area (Å²) >= 11 is 6.40. The molecule has 7 aliphatic heterocycles. The lowest BCUT2D eigenvalue weighted by Gasteiger charge is -2.37. The van der Waals surface area contributed by atoms with E-state index in [4.69, 9.17) is 36.0 Å². The zero-order valence-corrected chi connectivity index (χ0v) is 38.5. The summed E-state index contributed by atoms with van der Waals surface area (Å²) in [7, 11) is -2.51. The molecule has 0 bridgehead atoms. The van der Waals surface area contributed by atoms with Crippen molar-refractivity contribution in [2.45, 2.75) is 72.0 Å². The third kappa shape index (κ3) is 8.39. The van der Waals surface area contributed by atoms with Gasteiger partial charge in [-0.3, -0.25) is 37.3 Å². The summed E-state index contributed by atoms with van der Waals surface area (Å²) in [6.07, 6.45) is 5.73. The molecule has 64 heavy (non-hydrogen) atoms. The molecule has 0 N–H and O–H groups in total. The van der Waals surface area contributed by atoms with Crippen molar-refractivity contribution in [3.8, 4) is 22.5 Å². The molecule has 16 nitrogen and oxygen atoms in total.